The molecule has 0 saturated carbocycles. The van der Waals surface area contributed by atoms with E-state index in [0.717, 1.165) is 17.0 Å². The normalized spacial score (nSPS) is 11.5. The Bertz CT molecular complexity index is 639. The Labute approximate surface area is 128 Å². The second kappa shape index (κ2) is 7.26. The summed E-state index contributed by atoms with van der Waals surface area (Å²) < 4.78 is 4.44. The number of ether oxygens (including phenoxy) is 1. The van der Waals surface area contributed by atoms with Gasteiger partial charge in [-0.3, -0.25) is 9.89 Å². The molecule has 3 N–H and O–H groups in total. The van der Waals surface area contributed by atoms with E-state index in [1.54, 1.807) is 6.92 Å². The lowest BCUT2D eigenvalue weighted by atomic mass is 10.1. The molecule has 7 nitrogen and oxygen atoms in total. The van der Waals surface area contributed by atoms with Gasteiger partial charge in [-0.1, -0.05) is 30.3 Å². The zero-order valence-corrected chi connectivity index (χ0v) is 12.4. The number of alkyl carbamates (subject to hydrolysis) is 1. The van der Waals surface area contributed by atoms with Crippen LogP contribution in [0.3, 0.4) is 0 Å². The molecule has 1 heterocycles. The number of benzene rings is 1. The van der Waals surface area contributed by atoms with Gasteiger partial charge in [0.2, 0.25) is 5.91 Å². The number of aromatic amines is 1. The quantitative estimate of drug-likeness (QED) is 0.778. The summed E-state index contributed by atoms with van der Waals surface area (Å²) in [6.07, 6.45) is -0.643. The van der Waals surface area contributed by atoms with Crippen LogP contribution in [0.25, 0.3) is 11.3 Å². The molecule has 7 heteroatoms. The van der Waals surface area contributed by atoms with Gasteiger partial charge in [0.15, 0.2) is 0 Å². The van der Waals surface area contributed by atoms with Crippen LogP contribution < -0.4 is 10.6 Å². The summed E-state index contributed by atoms with van der Waals surface area (Å²) in [5.41, 5.74) is 2.58. The van der Waals surface area contributed by atoms with Crippen molar-refractivity contribution in [2.45, 2.75) is 19.5 Å². The van der Waals surface area contributed by atoms with E-state index in [4.69, 9.17) is 0 Å². The van der Waals surface area contributed by atoms with Crippen molar-refractivity contribution in [3.63, 3.8) is 0 Å². The Morgan fingerprint density at radius 1 is 1.32 bits per heavy atom. The van der Waals surface area contributed by atoms with Gasteiger partial charge in [0.25, 0.3) is 0 Å². The molecule has 0 radical (unpaired) electrons. The molecule has 2 amide bonds. The van der Waals surface area contributed by atoms with Crippen molar-refractivity contribution < 1.29 is 14.3 Å². The van der Waals surface area contributed by atoms with Crippen LogP contribution >= 0.6 is 0 Å². The highest BCUT2D eigenvalue weighted by atomic mass is 16.5. The van der Waals surface area contributed by atoms with Crippen LogP contribution in [0.2, 0.25) is 0 Å². The highest BCUT2D eigenvalue weighted by molar-refractivity contribution is 5.85. The molecular weight excluding hydrogens is 284 g/mol. The van der Waals surface area contributed by atoms with Gasteiger partial charge >= 0.3 is 6.09 Å². The van der Waals surface area contributed by atoms with Crippen molar-refractivity contribution >= 4 is 12.0 Å². The number of hydrogen-bond acceptors (Lipinski definition) is 4. The van der Waals surface area contributed by atoms with Gasteiger partial charge in [-0.05, 0) is 13.0 Å². The van der Waals surface area contributed by atoms with Crippen LogP contribution in [0.5, 0.6) is 0 Å². The number of amides is 2. The summed E-state index contributed by atoms with van der Waals surface area (Å²) in [5, 5.41) is 12.2. The smallest absolute Gasteiger partial charge is 0.407 e. The SMILES string of the molecule is COC(=O)NC(C)C(=O)NCc1cc(-c2ccccc2)n[nH]1. The molecule has 0 saturated heterocycles. The van der Waals surface area contributed by atoms with Gasteiger partial charge in [-0.15, -0.1) is 0 Å². The maximum absolute atomic E-state index is 11.8. The number of carbonyl (C=O) groups is 2. The number of hydrogen-bond donors (Lipinski definition) is 3. The van der Waals surface area contributed by atoms with E-state index < -0.39 is 12.1 Å². The number of methoxy groups -OCH3 is 1. The van der Waals surface area contributed by atoms with E-state index >= 15 is 0 Å². The van der Waals surface area contributed by atoms with Gasteiger partial charge in [-0.2, -0.15) is 5.10 Å². The Morgan fingerprint density at radius 2 is 2.05 bits per heavy atom. The number of carbonyl (C=O) groups excluding carboxylic acids is 2. The zero-order valence-electron chi connectivity index (χ0n) is 12.4. The lowest BCUT2D eigenvalue weighted by Gasteiger charge is -2.12. The van der Waals surface area contributed by atoms with E-state index in [-0.39, 0.29) is 5.91 Å². The topological polar surface area (TPSA) is 96.1 Å². The van der Waals surface area contributed by atoms with Gasteiger partial charge in [0, 0.05) is 5.56 Å². The third-order valence-electron chi connectivity index (χ3n) is 3.07. The van der Waals surface area contributed by atoms with Crippen molar-refractivity contribution in [1.82, 2.24) is 20.8 Å². The van der Waals surface area contributed by atoms with E-state index in [0.29, 0.717) is 6.54 Å². The molecule has 0 aliphatic rings. The number of rotatable bonds is 5. The van der Waals surface area contributed by atoms with Gasteiger partial charge in [0.1, 0.15) is 6.04 Å². The Hall–Kier alpha value is -2.83. The predicted molar refractivity (Wildman–Crippen MR) is 80.9 cm³/mol. The van der Waals surface area contributed by atoms with E-state index in [9.17, 15) is 9.59 Å². The molecule has 1 atom stereocenters. The van der Waals surface area contributed by atoms with Crippen LogP contribution in [0.4, 0.5) is 4.79 Å². The summed E-state index contributed by atoms with van der Waals surface area (Å²) in [7, 11) is 1.25. The first kappa shape index (κ1) is 15.6. The summed E-state index contributed by atoms with van der Waals surface area (Å²) in [5.74, 6) is -0.304. The van der Waals surface area contributed by atoms with Gasteiger partial charge in [0.05, 0.1) is 25.0 Å². The Balaban J connectivity index is 1.88. The molecule has 0 aliphatic carbocycles. The number of nitrogens with zero attached hydrogens (tertiary/aromatic N) is 1. The molecule has 2 aromatic rings. The van der Waals surface area contributed by atoms with Crippen LogP contribution in [0.1, 0.15) is 12.6 Å². The van der Waals surface area contributed by atoms with Crippen LogP contribution in [-0.4, -0.2) is 35.3 Å². The molecule has 0 fully saturated rings. The monoisotopic (exact) mass is 302 g/mol. The number of aromatic nitrogens is 2. The van der Waals surface area contributed by atoms with Crippen molar-refractivity contribution in [2.24, 2.45) is 0 Å². The maximum atomic E-state index is 11.8. The first-order valence-corrected chi connectivity index (χ1v) is 6.82. The lowest BCUT2D eigenvalue weighted by molar-refractivity contribution is -0.122. The van der Waals surface area contributed by atoms with E-state index in [1.165, 1.54) is 7.11 Å². The first-order valence-electron chi connectivity index (χ1n) is 6.82. The Kier molecular flexibility index (Phi) is 5.13. The Morgan fingerprint density at radius 3 is 2.73 bits per heavy atom. The van der Waals surface area contributed by atoms with Crippen LogP contribution in [0, 0.1) is 0 Å². The second-order valence-electron chi connectivity index (χ2n) is 4.72. The van der Waals surface area contributed by atoms with Crippen molar-refractivity contribution in [3.8, 4) is 11.3 Å². The summed E-state index contributed by atoms with van der Waals surface area (Å²) in [4.78, 5) is 22.9. The van der Waals surface area contributed by atoms with Gasteiger partial charge in [-0.25, -0.2) is 4.79 Å². The molecule has 22 heavy (non-hydrogen) atoms. The summed E-state index contributed by atoms with van der Waals surface area (Å²) >= 11 is 0. The fourth-order valence-electron chi connectivity index (χ4n) is 1.85. The van der Waals surface area contributed by atoms with Crippen molar-refractivity contribution in [1.29, 1.82) is 0 Å². The fourth-order valence-corrected chi connectivity index (χ4v) is 1.85. The molecule has 1 aromatic heterocycles. The third kappa shape index (κ3) is 4.08. The van der Waals surface area contributed by atoms with Gasteiger partial charge < -0.3 is 15.4 Å². The molecule has 2 rings (SSSR count). The summed E-state index contributed by atoms with van der Waals surface area (Å²) in [6, 6.07) is 10.9. The van der Waals surface area contributed by atoms with Crippen molar-refractivity contribution in [2.75, 3.05) is 7.11 Å². The minimum Gasteiger partial charge on any atom is -0.453 e. The first-order chi connectivity index (χ1) is 10.6. The predicted octanol–water partition coefficient (Wildman–Crippen LogP) is 1.44. The average molecular weight is 302 g/mol. The van der Waals surface area contributed by atoms with E-state index in [1.807, 2.05) is 36.4 Å². The number of nitrogens with one attached hydrogen (secondary N) is 3. The maximum Gasteiger partial charge on any atom is 0.407 e. The minimum absolute atomic E-state index is 0.297. The molecule has 1 unspecified atom stereocenters. The molecule has 1 aromatic carbocycles. The fraction of sp³-hybridized carbons (Fsp3) is 0.267. The molecular formula is C15H18N4O3. The number of H-pyrrole nitrogens is 1. The molecule has 0 bridgehead atoms. The highest BCUT2D eigenvalue weighted by Crippen LogP contribution is 2.16. The molecule has 0 spiro atoms. The average Bonchev–Trinajstić information content (AvgIpc) is 3.02. The zero-order chi connectivity index (χ0) is 15.9. The highest BCUT2D eigenvalue weighted by Gasteiger charge is 2.15. The molecule has 116 valence electrons. The lowest BCUT2D eigenvalue weighted by Crippen LogP contribution is -2.44. The van der Waals surface area contributed by atoms with E-state index in [2.05, 4.69) is 25.6 Å². The third-order valence-corrected chi connectivity index (χ3v) is 3.07. The van der Waals surface area contributed by atoms with Crippen LogP contribution in [-0.2, 0) is 16.1 Å². The van der Waals surface area contributed by atoms with Crippen molar-refractivity contribution in [3.05, 3.63) is 42.1 Å². The second-order valence-corrected chi connectivity index (χ2v) is 4.72. The van der Waals surface area contributed by atoms with Crippen LogP contribution in [0.15, 0.2) is 36.4 Å². The minimum atomic E-state index is -0.677. The summed E-state index contributed by atoms with van der Waals surface area (Å²) in [6.45, 7) is 1.88. The standard InChI is InChI=1S/C15H18N4O3/c1-10(17-15(21)22-2)14(20)16-9-12-8-13(19-18-12)11-6-4-3-5-7-11/h3-8,10H,9H2,1-2H3,(H,16,20)(H,17,21)(H,18,19). The molecule has 0 aliphatic heterocycles. The largest absolute Gasteiger partial charge is 0.453 e.